The van der Waals surface area contributed by atoms with Gasteiger partial charge in [-0.3, -0.25) is 13.9 Å². The van der Waals surface area contributed by atoms with Crippen LogP contribution in [-0.4, -0.2) is 21.1 Å². The van der Waals surface area contributed by atoms with Crippen molar-refractivity contribution in [3.63, 3.8) is 0 Å². The SMILES string of the molecule is CCn1c(=O)n(CC(=O)NC(C)C)c2ccccc21. The van der Waals surface area contributed by atoms with E-state index in [0.29, 0.717) is 6.54 Å². The topological polar surface area (TPSA) is 56.0 Å². The standard InChI is InChI=1S/C14H19N3O2/c1-4-16-11-7-5-6-8-12(11)17(14(16)19)9-13(18)15-10(2)3/h5-8,10H,4,9H2,1-3H3,(H,15,18). The van der Waals surface area contributed by atoms with E-state index in [9.17, 15) is 9.59 Å². The van der Waals surface area contributed by atoms with Gasteiger partial charge in [-0.1, -0.05) is 12.1 Å². The number of nitrogens with zero attached hydrogens (tertiary/aromatic N) is 2. The molecule has 0 aliphatic carbocycles. The Bertz CT molecular complexity index is 652. The quantitative estimate of drug-likeness (QED) is 0.903. The lowest BCUT2D eigenvalue weighted by molar-refractivity contribution is -0.122. The van der Waals surface area contributed by atoms with Crippen molar-refractivity contribution in [1.82, 2.24) is 14.5 Å². The Kier molecular flexibility index (Phi) is 3.74. The average molecular weight is 261 g/mol. The van der Waals surface area contributed by atoms with Gasteiger partial charge in [0.05, 0.1) is 11.0 Å². The third-order valence-electron chi connectivity index (χ3n) is 2.99. The highest BCUT2D eigenvalue weighted by atomic mass is 16.2. The number of rotatable bonds is 4. The van der Waals surface area contributed by atoms with Crippen molar-refractivity contribution in [3.8, 4) is 0 Å². The Hall–Kier alpha value is -2.04. The molecule has 2 aromatic rings. The van der Waals surface area contributed by atoms with Crippen LogP contribution < -0.4 is 11.0 Å². The first-order valence-corrected chi connectivity index (χ1v) is 6.52. The molecule has 0 saturated heterocycles. The fourth-order valence-corrected chi connectivity index (χ4v) is 2.24. The van der Waals surface area contributed by atoms with Gasteiger partial charge < -0.3 is 5.32 Å². The van der Waals surface area contributed by atoms with Gasteiger partial charge in [0.1, 0.15) is 6.54 Å². The van der Waals surface area contributed by atoms with Gasteiger partial charge in [-0.25, -0.2) is 4.79 Å². The minimum atomic E-state index is -0.142. The van der Waals surface area contributed by atoms with Crippen molar-refractivity contribution in [2.45, 2.75) is 39.9 Å². The third kappa shape index (κ3) is 2.54. The molecule has 0 fully saturated rings. The maximum absolute atomic E-state index is 12.3. The summed E-state index contributed by atoms with van der Waals surface area (Å²) in [7, 11) is 0. The molecule has 19 heavy (non-hydrogen) atoms. The van der Waals surface area contributed by atoms with Gasteiger partial charge in [0.2, 0.25) is 5.91 Å². The number of hydrogen-bond donors (Lipinski definition) is 1. The molecule has 5 heteroatoms. The largest absolute Gasteiger partial charge is 0.352 e. The Morgan fingerprint density at radius 2 is 1.79 bits per heavy atom. The van der Waals surface area contributed by atoms with Crippen LogP contribution in [0, 0.1) is 0 Å². The third-order valence-corrected chi connectivity index (χ3v) is 2.99. The van der Waals surface area contributed by atoms with Crippen molar-refractivity contribution in [1.29, 1.82) is 0 Å². The lowest BCUT2D eigenvalue weighted by Gasteiger charge is -2.08. The van der Waals surface area contributed by atoms with E-state index in [0.717, 1.165) is 11.0 Å². The van der Waals surface area contributed by atoms with Crippen LogP contribution in [0.5, 0.6) is 0 Å². The van der Waals surface area contributed by atoms with Gasteiger partial charge in [0.15, 0.2) is 0 Å². The fourth-order valence-electron chi connectivity index (χ4n) is 2.24. The minimum absolute atomic E-state index is 0.0600. The molecule has 2 rings (SSSR count). The Morgan fingerprint density at radius 1 is 1.21 bits per heavy atom. The first-order valence-electron chi connectivity index (χ1n) is 6.52. The summed E-state index contributed by atoms with van der Waals surface area (Å²) in [6.45, 7) is 6.38. The highest BCUT2D eigenvalue weighted by Crippen LogP contribution is 2.12. The van der Waals surface area contributed by atoms with Crippen LogP contribution >= 0.6 is 0 Å². The van der Waals surface area contributed by atoms with Crippen LogP contribution in [0.4, 0.5) is 0 Å². The first kappa shape index (κ1) is 13.4. The maximum Gasteiger partial charge on any atom is 0.329 e. The summed E-state index contributed by atoms with van der Waals surface area (Å²) >= 11 is 0. The Labute approximate surface area is 111 Å². The molecule has 0 atom stereocenters. The summed E-state index contributed by atoms with van der Waals surface area (Å²) in [5.41, 5.74) is 1.53. The highest BCUT2D eigenvalue weighted by Gasteiger charge is 2.14. The predicted molar refractivity (Wildman–Crippen MR) is 75.2 cm³/mol. The van der Waals surface area contributed by atoms with Crippen LogP contribution in [0.25, 0.3) is 11.0 Å². The monoisotopic (exact) mass is 261 g/mol. The zero-order valence-electron chi connectivity index (χ0n) is 11.5. The van der Waals surface area contributed by atoms with Crippen LogP contribution in [0.1, 0.15) is 20.8 Å². The van der Waals surface area contributed by atoms with Gasteiger partial charge in [-0.05, 0) is 32.9 Å². The number of para-hydroxylation sites is 2. The van der Waals surface area contributed by atoms with Crippen molar-refractivity contribution in [3.05, 3.63) is 34.7 Å². The van der Waals surface area contributed by atoms with Gasteiger partial charge in [0, 0.05) is 12.6 Å². The molecule has 0 spiro atoms. The van der Waals surface area contributed by atoms with E-state index in [-0.39, 0.29) is 24.2 Å². The maximum atomic E-state index is 12.3. The number of carbonyl (C=O) groups is 1. The number of carbonyl (C=O) groups excluding carboxylic acids is 1. The van der Waals surface area contributed by atoms with Crippen molar-refractivity contribution in [2.75, 3.05) is 0 Å². The van der Waals surface area contributed by atoms with Crippen LogP contribution in [-0.2, 0) is 17.9 Å². The molecule has 0 unspecified atom stereocenters. The van der Waals surface area contributed by atoms with Gasteiger partial charge in [-0.15, -0.1) is 0 Å². The van der Waals surface area contributed by atoms with E-state index in [1.165, 1.54) is 4.57 Å². The molecule has 102 valence electrons. The zero-order chi connectivity index (χ0) is 14.0. The van der Waals surface area contributed by atoms with Gasteiger partial charge >= 0.3 is 5.69 Å². The fraction of sp³-hybridized carbons (Fsp3) is 0.429. The van der Waals surface area contributed by atoms with Gasteiger partial charge in [-0.2, -0.15) is 0 Å². The van der Waals surface area contributed by atoms with E-state index in [1.54, 1.807) is 4.57 Å². The summed E-state index contributed by atoms with van der Waals surface area (Å²) in [5, 5.41) is 2.80. The van der Waals surface area contributed by atoms with Crippen LogP contribution in [0.2, 0.25) is 0 Å². The second-order valence-corrected chi connectivity index (χ2v) is 4.82. The van der Waals surface area contributed by atoms with Crippen molar-refractivity contribution in [2.24, 2.45) is 0 Å². The summed E-state index contributed by atoms with van der Waals surface area (Å²) in [6.07, 6.45) is 0. The number of amides is 1. The molecular formula is C14H19N3O2. The zero-order valence-corrected chi connectivity index (χ0v) is 11.5. The van der Waals surface area contributed by atoms with Crippen molar-refractivity contribution < 1.29 is 4.79 Å². The number of fused-ring (bicyclic) bond motifs is 1. The molecule has 1 N–H and O–H groups in total. The van der Waals surface area contributed by atoms with E-state index >= 15 is 0 Å². The number of nitrogens with one attached hydrogen (secondary N) is 1. The predicted octanol–water partition coefficient (Wildman–Crippen LogP) is 1.35. The minimum Gasteiger partial charge on any atom is -0.352 e. The van der Waals surface area contributed by atoms with E-state index in [2.05, 4.69) is 5.32 Å². The summed E-state index contributed by atoms with van der Waals surface area (Å²) in [5.74, 6) is -0.142. The molecule has 0 bridgehead atoms. The lowest BCUT2D eigenvalue weighted by atomic mass is 10.3. The smallest absolute Gasteiger partial charge is 0.329 e. The number of imidazole rings is 1. The first-order chi connectivity index (χ1) is 9.04. The molecule has 0 saturated carbocycles. The molecule has 0 aliphatic heterocycles. The molecule has 1 amide bonds. The highest BCUT2D eigenvalue weighted by molar-refractivity contribution is 5.81. The summed E-state index contributed by atoms with van der Waals surface area (Å²) < 4.78 is 3.20. The molecule has 0 aliphatic rings. The van der Waals surface area contributed by atoms with Crippen molar-refractivity contribution >= 4 is 16.9 Å². The van der Waals surface area contributed by atoms with Crippen LogP contribution in [0.15, 0.2) is 29.1 Å². The molecule has 1 aromatic carbocycles. The molecule has 0 radical (unpaired) electrons. The average Bonchev–Trinajstić information content (AvgIpc) is 2.61. The number of aromatic nitrogens is 2. The normalized spacial score (nSPS) is 11.2. The summed E-state index contributed by atoms with van der Waals surface area (Å²) in [6, 6.07) is 7.61. The number of hydrogen-bond acceptors (Lipinski definition) is 2. The Morgan fingerprint density at radius 3 is 2.32 bits per heavy atom. The lowest BCUT2D eigenvalue weighted by Crippen LogP contribution is -2.36. The molecule has 1 heterocycles. The Balaban J connectivity index is 2.46. The second-order valence-electron chi connectivity index (χ2n) is 4.82. The number of benzene rings is 1. The molecule has 5 nitrogen and oxygen atoms in total. The van der Waals surface area contributed by atoms with Crippen LogP contribution in [0.3, 0.4) is 0 Å². The molecular weight excluding hydrogens is 242 g/mol. The van der Waals surface area contributed by atoms with E-state index < -0.39 is 0 Å². The van der Waals surface area contributed by atoms with Gasteiger partial charge in [0.25, 0.3) is 0 Å². The molecule has 1 aromatic heterocycles. The van der Waals surface area contributed by atoms with E-state index in [1.807, 2.05) is 45.0 Å². The second kappa shape index (κ2) is 5.30. The summed E-state index contributed by atoms with van der Waals surface area (Å²) in [4.78, 5) is 24.1. The number of aryl methyl sites for hydroxylation is 1. The van der Waals surface area contributed by atoms with E-state index in [4.69, 9.17) is 0 Å².